The van der Waals surface area contributed by atoms with Gasteiger partial charge >= 0.3 is 0 Å². The van der Waals surface area contributed by atoms with Crippen LogP contribution in [0.4, 0.5) is 5.00 Å². The van der Waals surface area contributed by atoms with Crippen LogP contribution in [0.25, 0.3) is 0 Å². The van der Waals surface area contributed by atoms with E-state index in [9.17, 15) is 9.59 Å². The van der Waals surface area contributed by atoms with Crippen LogP contribution in [-0.2, 0) is 28.8 Å². The molecule has 1 aromatic carbocycles. The quantitative estimate of drug-likeness (QED) is 0.613. The summed E-state index contributed by atoms with van der Waals surface area (Å²) in [4.78, 5) is 26.7. The number of methoxy groups -OCH3 is 2. The van der Waals surface area contributed by atoms with Crippen molar-refractivity contribution in [1.82, 2.24) is 5.32 Å². The first-order valence-electron chi connectivity index (χ1n) is 9.96. The van der Waals surface area contributed by atoms with Gasteiger partial charge in [0.25, 0.3) is 5.91 Å². The third-order valence-corrected chi connectivity index (χ3v) is 6.19. The first-order valence-corrected chi connectivity index (χ1v) is 10.8. The van der Waals surface area contributed by atoms with Crippen LogP contribution in [0.15, 0.2) is 24.3 Å². The number of aryl methyl sites for hydroxylation is 1. The molecule has 1 aliphatic rings. The van der Waals surface area contributed by atoms with Crippen LogP contribution in [0.3, 0.4) is 0 Å². The predicted octanol–water partition coefficient (Wildman–Crippen LogP) is 3.58. The molecule has 0 spiro atoms. The van der Waals surface area contributed by atoms with Crippen LogP contribution >= 0.6 is 11.3 Å². The number of hydrogen-bond acceptors (Lipinski definition) is 5. The molecule has 0 atom stereocenters. The molecule has 156 valence electrons. The lowest BCUT2D eigenvalue weighted by Gasteiger charge is -2.13. The Labute approximate surface area is 175 Å². The summed E-state index contributed by atoms with van der Waals surface area (Å²) in [6.07, 6.45) is 5.07. The topological polar surface area (TPSA) is 76.7 Å². The van der Waals surface area contributed by atoms with Crippen molar-refractivity contribution in [2.75, 3.05) is 32.7 Å². The summed E-state index contributed by atoms with van der Waals surface area (Å²) in [5, 5.41) is 6.63. The van der Waals surface area contributed by atoms with E-state index in [-0.39, 0.29) is 18.2 Å². The van der Waals surface area contributed by atoms with E-state index in [0.717, 1.165) is 49.0 Å². The fourth-order valence-corrected chi connectivity index (χ4v) is 4.80. The third-order valence-electron chi connectivity index (χ3n) is 4.99. The highest BCUT2D eigenvalue weighted by atomic mass is 32.1. The molecule has 0 unspecified atom stereocenters. The smallest absolute Gasteiger partial charge is 0.254 e. The number of carbonyl (C=O) groups is 2. The van der Waals surface area contributed by atoms with E-state index in [4.69, 9.17) is 9.47 Å². The number of amides is 2. The number of thiophene rings is 1. The van der Waals surface area contributed by atoms with Gasteiger partial charge in [-0.3, -0.25) is 9.59 Å². The molecule has 1 aromatic heterocycles. The lowest BCUT2D eigenvalue weighted by atomic mass is 9.95. The minimum absolute atomic E-state index is 0.111. The number of benzene rings is 1. The molecule has 0 bridgehead atoms. The van der Waals surface area contributed by atoms with Crippen LogP contribution in [0, 0.1) is 0 Å². The molecule has 1 aliphatic carbocycles. The third kappa shape index (κ3) is 5.58. The van der Waals surface area contributed by atoms with Gasteiger partial charge in [0.05, 0.1) is 19.1 Å². The maximum atomic E-state index is 12.9. The van der Waals surface area contributed by atoms with Gasteiger partial charge < -0.3 is 20.1 Å². The second-order valence-corrected chi connectivity index (χ2v) is 8.20. The fourth-order valence-electron chi connectivity index (χ4n) is 3.50. The lowest BCUT2D eigenvalue weighted by molar-refractivity contribution is -0.115. The Morgan fingerprint density at radius 3 is 2.59 bits per heavy atom. The molecule has 0 radical (unpaired) electrons. The van der Waals surface area contributed by atoms with Crippen LogP contribution in [0.2, 0.25) is 0 Å². The van der Waals surface area contributed by atoms with Gasteiger partial charge in [0.15, 0.2) is 0 Å². The average molecular weight is 417 g/mol. The highest BCUT2D eigenvalue weighted by Gasteiger charge is 2.26. The van der Waals surface area contributed by atoms with Gasteiger partial charge in [-0.15, -0.1) is 11.3 Å². The van der Waals surface area contributed by atoms with Crippen LogP contribution in [0.1, 0.15) is 45.6 Å². The van der Waals surface area contributed by atoms with Crippen LogP contribution < -0.4 is 15.4 Å². The highest BCUT2D eigenvalue weighted by molar-refractivity contribution is 7.17. The van der Waals surface area contributed by atoms with Crippen molar-refractivity contribution in [2.24, 2.45) is 0 Å². The van der Waals surface area contributed by atoms with Gasteiger partial charge in [0, 0.05) is 25.1 Å². The zero-order valence-corrected chi connectivity index (χ0v) is 17.8. The van der Waals surface area contributed by atoms with Crippen molar-refractivity contribution in [3.63, 3.8) is 0 Å². The highest BCUT2D eigenvalue weighted by Crippen LogP contribution is 2.38. The minimum atomic E-state index is -0.123. The summed E-state index contributed by atoms with van der Waals surface area (Å²) < 4.78 is 10.2. The molecule has 3 rings (SSSR count). The summed E-state index contributed by atoms with van der Waals surface area (Å²) in [5.74, 6) is 0.523. The molecule has 2 aromatic rings. The molecule has 2 N–H and O–H groups in total. The lowest BCUT2D eigenvalue weighted by Crippen LogP contribution is -2.27. The van der Waals surface area contributed by atoms with Gasteiger partial charge in [0.2, 0.25) is 5.91 Å². The van der Waals surface area contributed by atoms with E-state index >= 15 is 0 Å². The number of hydrogen-bond donors (Lipinski definition) is 2. The molecule has 7 heteroatoms. The van der Waals surface area contributed by atoms with Gasteiger partial charge in [-0.05, 0) is 55.4 Å². The van der Waals surface area contributed by atoms with Crippen molar-refractivity contribution in [1.29, 1.82) is 0 Å². The van der Waals surface area contributed by atoms with Crippen molar-refractivity contribution >= 4 is 28.2 Å². The fraction of sp³-hybridized carbons (Fsp3) is 0.455. The van der Waals surface area contributed by atoms with Crippen LogP contribution in [-0.4, -0.2) is 39.2 Å². The SMILES string of the molecule is COCCCNC(=O)c1c(NC(=O)Cc2ccc(OC)cc2)sc2c1CCCC2. The Balaban J connectivity index is 1.72. The molecule has 0 fully saturated rings. The molecule has 1 heterocycles. The Bertz CT molecular complexity index is 845. The zero-order chi connectivity index (χ0) is 20.6. The number of anilines is 1. The van der Waals surface area contributed by atoms with Gasteiger partial charge in [-0.1, -0.05) is 12.1 Å². The monoisotopic (exact) mass is 416 g/mol. The maximum Gasteiger partial charge on any atom is 0.254 e. The number of ether oxygens (including phenoxy) is 2. The second-order valence-electron chi connectivity index (χ2n) is 7.09. The van der Waals surface area contributed by atoms with E-state index in [1.165, 1.54) is 4.88 Å². The number of nitrogens with one attached hydrogen (secondary N) is 2. The average Bonchev–Trinajstić information content (AvgIpc) is 3.09. The Hall–Kier alpha value is -2.38. The van der Waals surface area contributed by atoms with Gasteiger partial charge in [-0.25, -0.2) is 0 Å². The number of rotatable bonds is 9. The summed E-state index contributed by atoms with van der Waals surface area (Å²) >= 11 is 1.54. The normalized spacial score (nSPS) is 12.9. The van der Waals surface area contributed by atoms with Crippen molar-refractivity contribution in [3.8, 4) is 5.75 Å². The van der Waals surface area contributed by atoms with E-state index in [1.807, 2.05) is 24.3 Å². The molecule has 0 aliphatic heterocycles. The molecule has 6 nitrogen and oxygen atoms in total. The molecule has 0 saturated carbocycles. The maximum absolute atomic E-state index is 12.9. The summed E-state index contributed by atoms with van der Waals surface area (Å²) in [6.45, 7) is 1.16. The molecular formula is C22H28N2O4S. The summed E-state index contributed by atoms with van der Waals surface area (Å²) in [6, 6.07) is 7.43. The largest absolute Gasteiger partial charge is 0.497 e. The van der Waals surface area contributed by atoms with Crippen molar-refractivity contribution < 1.29 is 19.1 Å². The number of carbonyl (C=O) groups excluding carboxylic acids is 2. The van der Waals surface area contributed by atoms with Crippen molar-refractivity contribution in [3.05, 3.63) is 45.8 Å². The first kappa shape index (κ1) is 21.3. The van der Waals surface area contributed by atoms with E-state index in [1.54, 1.807) is 25.6 Å². The van der Waals surface area contributed by atoms with Gasteiger partial charge in [-0.2, -0.15) is 0 Å². The van der Waals surface area contributed by atoms with E-state index in [2.05, 4.69) is 10.6 Å². The summed E-state index contributed by atoms with van der Waals surface area (Å²) in [7, 11) is 3.26. The van der Waals surface area contributed by atoms with Gasteiger partial charge in [0.1, 0.15) is 10.8 Å². The standard InChI is InChI=1S/C22H28N2O4S/c1-27-13-5-12-23-21(26)20-17-6-3-4-7-18(17)29-22(20)24-19(25)14-15-8-10-16(28-2)11-9-15/h8-11H,3-7,12-14H2,1-2H3,(H,23,26)(H,24,25). The Kier molecular flexibility index (Phi) is 7.66. The van der Waals surface area contributed by atoms with E-state index < -0.39 is 0 Å². The molecule has 2 amide bonds. The Morgan fingerprint density at radius 2 is 1.86 bits per heavy atom. The first-order chi connectivity index (χ1) is 14.1. The van der Waals surface area contributed by atoms with E-state index in [0.29, 0.717) is 23.7 Å². The molecule has 29 heavy (non-hydrogen) atoms. The van der Waals surface area contributed by atoms with Crippen molar-refractivity contribution in [2.45, 2.75) is 38.5 Å². The molecular weight excluding hydrogens is 388 g/mol. The minimum Gasteiger partial charge on any atom is -0.497 e. The Morgan fingerprint density at radius 1 is 1.10 bits per heavy atom. The summed E-state index contributed by atoms with van der Waals surface area (Å²) in [5.41, 5.74) is 2.64. The second kappa shape index (κ2) is 10.4. The zero-order valence-electron chi connectivity index (χ0n) is 17.0. The van der Waals surface area contributed by atoms with Crippen LogP contribution in [0.5, 0.6) is 5.75 Å². The number of fused-ring (bicyclic) bond motifs is 1. The predicted molar refractivity (Wildman–Crippen MR) is 115 cm³/mol. The molecule has 0 saturated heterocycles.